The number of oxazole rings is 1. The van der Waals surface area contributed by atoms with Gasteiger partial charge in [-0.05, 0) is 18.6 Å². The molecule has 1 N–H and O–H groups in total. The second kappa shape index (κ2) is 6.37. The lowest BCUT2D eigenvalue weighted by Crippen LogP contribution is -2.49. The number of fused-ring (bicyclic) bond motifs is 1. The lowest BCUT2D eigenvalue weighted by molar-refractivity contribution is 0.384. The topological polar surface area (TPSA) is 86.6 Å². The Morgan fingerprint density at radius 2 is 1.96 bits per heavy atom. The highest BCUT2D eigenvalue weighted by Gasteiger charge is 2.26. The summed E-state index contributed by atoms with van der Waals surface area (Å²) in [6.07, 6.45) is 1.58. The molecule has 2 aromatic rings. The van der Waals surface area contributed by atoms with Crippen LogP contribution in [0.1, 0.15) is 19.8 Å². The van der Waals surface area contributed by atoms with Crippen molar-refractivity contribution in [2.75, 3.05) is 36.8 Å². The summed E-state index contributed by atoms with van der Waals surface area (Å²) in [5.74, 6) is -0.242. The smallest absolute Gasteiger partial charge is 0.408 e. The molecule has 126 valence electrons. The Balaban J connectivity index is 1.69. The molecule has 1 aromatic heterocycles. The summed E-state index contributed by atoms with van der Waals surface area (Å²) >= 11 is 0. The maximum Gasteiger partial charge on any atom is 0.417 e. The summed E-state index contributed by atoms with van der Waals surface area (Å²) in [5, 5.41) is 0. The first-order valence-corrected chi connectivity index (χ1v) is 9.46. The summed E-state index contributed by atoms with van der Waals surface area (Å²) in [6, 6.07) is 5.53. The number of piperazine rings is 1. The van der Waals surface area contributed by atoms with E-state index in [-0.39, 0.29) is 5.75 Å². The lowest BCUT2D eigenvalue weighted by Gasteiger charge is -2.35. The number of hydrogen-bond acceptors (Lipinski definition) is 5. The van der Waals surface area contributed by atoms with E-state index >= 15 is 0 Å². The quantitative estimate of drug-likeness (QED) is 0.889. The average Bonchev–Trinajstić information content (AvgIpc) is 2.92. The maximum absolute atomic E-state index is 12.2. The summed E-state index contributed by atoms with van der Waals surface area (Å²) in [7, 11) is -3.14. The van der Waals surface area contributed by atoms with E-state index in [1.807, 2.05) is 19.1 Å². The molecule has 2 heterocycles. The second-order valence-corrected chi connectivity index (χ2v) is 7.84. The number of aromatic amines is 1. The number of nitrogens with zero attached hydrogens (tertiary/aromatic N) is 2. The number of H-pyrrole nitrogens is 1. The van der Waals surface area contributed by atoms with Gasteiger partial charge < -0.3 is 9.32 Å². The van der Waals surface area contributed by atoms with Crippen LogP contribution in [0.5, 0.6) is 0 Å². The maximum atomic E-state index is 12.2. The first-order chi connectivity index (χ1) is 11.0. The Labute approximate surface area is 134 Å². The van der Waals surface area contributed by atoms with Crippen molar-refractivity contribution in [1.29, 1.82) is 0 Å². The molecule has 1 aliphatic heterocycles. The van der Waals surface area contributed by atoms with Crippen molar-refractivity contribution in [3.8, 4) is 0 Å². The Hall–Kier alpha value is -1.80. The molecule has 0 spiro atoms. The van der Waals surface area contributed by atoms with Gasteiger partial charge in [0.1, 0.15) is 0 Å². The first-order valence-electron chi connectivity index (χ1n) is 7.85. The molecule has 7 nitrogen and oxygen atoms in total. The second-order valence-electron chi connectivity index (χ2n) is 5.75. The Bertz CT molecular complexity index is 832. The van der Waals surface area contributed by atoms with Gasteiger partial charge in [-0.25, -0.2) is 13.2 Å². The fraction of sp³-hybridized carbons (Fsp3) is 0.533. The van der Waals surface area contributed by atoms with Crippen LogP contribution in [0.3, 0.4) is 0 Å². The van der Waals surface area contributed by atoms with Crippen LogP contribution >= 0.6 is 0 Å². The lowest BCUT2D eigenvalue weighted by atomic mass is 10.2. The number of hydrogen-bond donors (Lipinski definition) is 1. The predicted molar refractivity (Wildman–Crippen MR) is 89.3 cm³/mol. The molecule has 0 aliphatic carbocycles. The van der Waals surface area contributed by atoms with Crippen LogP contribution in [0.25, 0.3) is 11.1 Å². The highest BCUT2D eigenvalue weighted by atomic mass is 32.2. The Morgan fingerprint density at radius 1 is 1.22 bits per heavy atom. The zero-order valence-corrected chi connectivity index (χ0v) is 13.9. The van der Waals surface area contributed by atoms with Gasteiger partial charge in [0.25, 0.3) is 0 Å². The third-order valence-corrected chi connectivity index (χ3v) is 6.11. The summed E-state index contributed by atoms with van der Waals surface area (Å²) < 4.78 is 31.1. The van der Waals surface area contributed by atoms with Gasteiger partial charge in [0, 0.05) is 37.9 Å². The summed E-state index contributed by atoms with van der Waals surface area (Å²) in [5.41, 5.74) is 2.12. The minimum absolute atomic E-state index is 0.226. The molecule has 3 rings (SSSR count). The van der Waals surface area contributed by atoms with E-state index in [1.165, 1.54) is 0 Å². The molecular weight excluding hydrogens is 318 g/mol. The van der Waals surface area contributed by atoms with Crippen LogP contribution in [0.4, 0.5) is 5.69 Å². The third-order valence-electron chi connectivity index (χ3n) is 4.16. The van der Waals surface area contributed by atoms with Crippen molar-refractivity contribution in [1.82, 2.24) is 9.29 Å². The SMILES string of the molecule is CCCCS(=O)(=O)N1CCN(c2ccc3[nH]c(=O)oc3c2)CC1. The van der Waals surface area contributed by atoms with Gasteiger partial charge in [0.2, 0.25) is 10.0 Å². The summed E-state index contributed by atoms with van der Waals surface area (Å²) in [6.45, 7) is 4.22. The number of aromatic nitrogens is 1. The van der Waals surface area contributed by atoms with Crippen molar-refractivity contribution >= 4 is 26.8 Å². The van der Waals surface area contributed by atoms with Crippen molar-refractivity contribution in [2.45, 2.75) is 19.8 Å². The highest BCUT2D eigenvalue weighted by molar-refractivity contribution is 7.89. The van der Waals surface area contributed by atoms with E-state index in [9.17, 15) is 13.2 Å². The minimum atomic E-state index is -3.14. The Morgan fingerprint density at radius 3 is 2.65 bits per heavy atom. The molecule has 1 aromatic carbocycles. The molecule has 0 unspecified atom stereocenters. The largest absolute Gasteiger partial charge is 0.417 e. The van der Waals surface area contributed by atoms with Gasteiger partial charge >= 0.3 is 5.76 Å². The Kier molecular flexibility index (Phi) is 4.45. The van der Waals surface area contributed by atoms with Gasteiger partial charge in [-0.3, -0.25) is 4.98 Å². The monoisotopic (exact) mass is 339 g/mol. The van der Waals surface area contributed by atoms with E-state index in [0.717, 1.165) is 12.1 Å². The molecule has 0 atom stereocenters. The number of benzene rings is 1. The molecule has 0 saturated carbocycles. The van der Waals surface area contributed by atoms with Crippen LogP contribution < -0.4 is 10.7 Å². The van der Waals surface area contributed by atoms with Gasteiger partial charge in [0.15, 0.2) is 5.58 Å². The fourth-order valence-electron chi connectivity index (χ4n) is 2.81. The van der Waals surface area contributed by atoms with E-state index in [4.69, 9.17) is 4.42 Å². The van der Waals surface area contributed by atoms with E-state index in [2.05, 4.69) is 9.88 Å². The van der Waals surface area contributed by atoms with Gasteiger partial charge in [0.05, 0.1) is 11.3 Å². The molecular formula is C15H21N3O4S. The molecule has 0 radical (unpaired) electrons. The number of anilines is 1. The van der Waals surface area contributed by atoms with Gasteiger partial charge in [-0.1, -0.05) is 13.3 Å². The van der Waals surface area contributed by atoms with E-state index < -0.39 is 15.8 Å². The fourth-order valence-corrected chi connectivity index (χ4v) is 4.44. The van der Waals surface area contributed by atoms with Crippen LogP contribution in [0.15, 0.2) is 27.4 Å². The van der Waals surface area contributed by atoms with Gasteiger partial charge in [-0.15, -0.1) is 0 Å². The highest BCUT2D eigenvalue weighted by Crippen LogP contribution is 2.22. The minimum Gasteiger partial charge on any atom is -0.408 e. The molecule has 1 saturated heterocycles. The van der Waals surface area contributed by atoms with Crippen LogP contribution in [-0.2, 0) is 10.0 Å². The van der Waals surface area contributed by atoms with Crippen molar-refractivity contribution in [3.63, 3.8) is 0 Å². The molecule has 0 bridgehead atoms. The van der Waals surface area contributed by atoms with Crippen molar-refractivity contribution in [3.05, 3.63) is 28.7 Å². The zero-order chi connectivity index (χ0) is 16.4. The number of unbranched alkanes of at least 4 members (excludes halogenated alkanes) is 1. The first kappa shape index (κ1) is 16.1. The van der Waals surface area contributed by atoms with Crippen LogP contribution in [0, 0.1) is 0 Å². The van der Waals surface area contributed by atoms with Crippen LogP contribution in [0.2, 0.25) is 0 Å². The standard InChI is InChI=1S/C15H21N3O4S/c1-2-3-10-23(20,21)18-8-6-17(7-9-18)12-4-5-13-14(11-12)22-15(19)16-13/h4-5,11H,2-3,6-10H2,1H3,(H,16,19). The van der Waals surface area contributed by atoms with E-state index in [0.29, 0.717) is 43.7 Å². The molecule has 8 heteroatoms. The van der Waals surface area contributed by atoms with E-state index in [1.54, 1.807) is 10.4 Å². The van der Waals surface area contributed by atoms with Crippen LogP contribution in [-0.4, -0.2) is 49.6 Å². The molecule has 0 amide bonds. The zero-order valence-electron chi connectivity index (χ0n) is 13.1. The van der Waals surface area contributed by atoms with Crippen molar-refractivity contribution < 1.29 is 12.8 Å². The van der Waals surface area contributed by atoms with Gasteiger partial charge in [-0.2, -0.15) is 4.31 Å². The molecule has 1 aliphatic rings. The number of nitrogens with one attached hydrogen (secondary N) is 1. The average molecular weight is 339 g/mol. The summed E-state index contributed by atoms with van der Waals surface area (Å²) in [4.78, 5) is 15.9. The normalized spacial score (nSPS) is 17.0. The molecule has 23 heavy (non-hydrogen) atoms. The van der Waals surface area contributed by atoms with Crippen molar-refractivity contribution in [2.24, 2.45) is 0 Å². The number of sulfonamides is 1. The number of rotatable bonds is 5. The third kappa shape index (κ3) is 3.42. The predicted octanol–water partition coefficient (Wildman–Crippen LogP) is 1.37. The molecule has 1 fully saturated rings.